The SMILES string of the molecule is Cc1ccc2ccc(C)c(-c3cnc4c(-c5nnn[nH]5)c(N)nn4c3)c2c1. The van der Waals surface area contributed by atoms with Gasteiger partial charge in [0.05, 0.1) is 0 Å². The summed E-state index contributed by atoms with van der Waals surface area (Å²) >= 11 is 0. The Bertz CT molecular complexity index is 1300. The minimum atomic E-state index is 0.323. The molecule has 0 aliphatic heterocycles. The second-order valence-corrected chi connectivity index (χ2v) is 6.60. The number of nitrogens with one attached hydrogen (secondary N) is 1. The third kappa shape index (κ3) is 2.34. The van der Waals surface area contributed by atoms with E-state index in [2.05, 4.69) is 74.9 Å². The number of fused-ring (bicyclic) bond motifs is 2. The van der Waals surface area contributed by atoms with E-state index < -0.39 is 0 Å². The molecule has 0 amide bonds. The monoisotopic (exact) mass is 356 g/mol. The summed E-state index contributed by atoms with van der Waals surface area (Å²) in [6.07, 6.45) is 3.78. The van der Waals surface area contributed by atoms with Gasteiger partial charge in [-0.2, -0.15) is 0 Å². The number of aryl methyl sites for hydroxylation is 2. The van der Waals surface area contributed by atoms with E-state index in [9.17, 15) is 0 Å². The number of hydrogen-bond acceptors (Lipinski definition) is 6. The zero-order valence-electron chi connectivity index (χ0n) is 14.8. The minimum absolute atomic E-state index is 0.323. The number of hydrogen-bond donors (Lipinski definition) is 2. The van der Waals surface area contributed by atoms with Gasteiger partial charge in [-0.3, -0.25) is 0 Å². The fourth-order valence-corrected chi connectivity index (χ4v) is 3.50. The molecule has 0 saturated carbocycles. The second kappa shape index (κ2) is 5.60. The van der Waals surface area contributed by atoms with Crippen LogP contribution in [-0.4, -0.2) is 35.2 Å². The van der Waals surface area contributed by atoms with Crippen LogP contribution in [0.2, 0.25) is 0 Å². The van der Waals surface area contributed by atoms with Crippen molar-refractivity contribution in [1.82, 2.24) is 35.2 Å². The van der Waals surface area contributed by atoms with Gasteiger partial charge in [0.15, 0.2) is 17.3 Å². The highest BCUT2D eigenvalue weighted by Gasteiger charge is 2.18. The van der Waals surface area contributed by atoms with Crippen molar-refractivity contribution in [3.05, 3.63) is 53.9 Å². The maximum Gasteiger partial charge on any atom is 0.187 e. The lowest BCUT2D eigenvalue weighted by Crippen LogP contribution is -1.95. The summed E-state index contributed by atoms with van der Waals surface area (Å²) in [6.45, 7) is 4.20. The summed E-state index contributed by atoms with van der Waals surface area (Å²) in [6, 6.07) is 10.7. The fourth-order valence-electron chi connectivity index (χ4n) is 3.50. The zero-order valence-corrected chi connectivity index (χ0v) is 14.8. The van der Waals surface area contributed by atoms with Crippen molar-refractivity contribution in [2.75, 3.05) is 5.73 Å². The molecule has 27 heavy (non-hydrogen) atoms. The summed E-state index contributed by atoms with van der Waals surface area (Å²) in [5, 5.41) is 20.6. The molecule has 5 aromatic rings. The predicted octanol–water partition coefficient (Wildman–Crippen LogP) is 2.93. The van der Waals surface area contributed by atoms with Gasteiger partial charge in [0.1, 0.15) is 5.56 Å². The van der Waals surface area contributed by atoms with Gasteiger partial charge in [0.25, 0.3) is 0 Å². The molecule has 0 spiro atoms. The lowest BCUT2D eigenvalue weighted by atomic mass is 9.94. The van der Waals surface area contributed by atoms with E-state index in [1.54, 1.807) is 4.52 Å². The Balaban J connectivity index is 1.77. The van der Waals surface area contributed by atoms with Gasteiger partial charge in [0.2, 0.25) is 0 Å². The number of rotatable bonds is 2. The summed E-state index contributed by atoms with van der Waals surface area (Å²) in [5.74, 6) is 0.767. The molecule has 0 atom stereocenters. The topological polar surface area (TPSA) is 111 Å². The van der Waals surface area contributed by atoms with E-state index >= 15 is 0 Å². The highest BCUT2D eigenvalue weighted by Crippen LogP contribution is 2.33. The smallest absolute Gasteiger partial charge is 0.187 e. The van der Waals surface area contributed by atoms with Gasteiger partial charge in [-0.25, -0.2) is 14.6 Å². The molecule has 3 heterocycles. The van der Waals surface area contributed by atoms with Crippen LogP contribution in [0, 0.1) is 13.8 Å². The highest BCUT2D eigenvalue weighted by atomic mass is 15.5. The molecule has 8 heteroatoms. The summed E-state index contributed by atoms with van der Waals surface area (Å²) in [5.41, 5.74) is 11.8. The van der Waals surface area contributed by atoms with Crippen molar-refractivity contribution >= 4 is 22.2 Å². The number of nitrogens with zero attached hydrogens (tertiary/aromatic N) is 6. The molecular formula is C19H16N8. The molecule has 0 saturated heterocycles. The Morgan fingerprint density at radius 1 is 1.07 bits per heavy atom. The van der Waals surface area contributed by atoms with Gasteiger partial charge in [0, 0.05) is 18.0 Å². The molecular weight excluding hydrogens is 340 g/mol. The molecule has 0 fully saturated rings. The van der Waals surface area contributed by atoms with Crippen LogP contribution in [0.15, 0.2) is 42.7 Å². The van der Waals surface area contributed by atoms with Crippen molar-refractivity contribution in [2.45, 2.75) is 13.8 Å². The lowest BCUT2D eigenvalue weighted by molar-refractivity contribution is 0.881. The summed E-state index contributed by atoms with van der Waals surface area (Å²) in [7, 11) is 0. The average molecular weight is 356 g/mol. The first kappa shape index (κ1) is 15.4. The minimum Gasteiger partial charge on any atom is -0.382 e. The van der Waals surface area contributed by atoms with Crippen LogP contribution in [0.1, 0.15) is 11.1 Å². The second-order valence-electron chi connectivity index (χ2n) is 6.60. The normalized spacial score (nSPS) is 11.5. The predicted molar refractivity (Wildman–Crippen MR) is 103 cm³/mol. The molecule has 0 radical (unpaired) electrons. The van der Waals surface area contributed by atoms with E-state index in [1.165, 1.54) is 21.9 Å². The first-order valence-corrected chi connectivity index (χ1v) is 8.50. The van der Waals surface area contributed by atoms with E-state index in [0.29, 0.717) is 22.9 Å². The highest BCUT2D eigenvalue weighted by molar-refractivity contribution is 5.98. The number of H-pyrrole nitrogens is 1. The van der Waals surface area contributed by atoms with Crippen LogP contribution in [0.4, 0.5) is 5.82 Å². The molecule has 0 aliphatic carbocycles. The van der Waals surface area contributed by atoms with Crippen LogP contribution < -0.4 is 5.73 Å². The van der Waals surface area contributed by atoms with Crippen molar-refractivity contribution in [3.8, 4) is 22.5 Å². The van der Waals surface area contributed by atoms with Crippen molar-refractivity contribution in [3.63, 3.8) is 0 Å². The number of benzene rings is 2. The number of nitrogen functional groups attached to an aromatic ring is 1. The van der Waals surface area contributed by atoms with Crippen LogP contribution in [0.5, 0.6) is 0 Å². The number of anilines is 1. The van der Waals surface area contributed by atoms with Gasteiger partial charge < -0.3 is 5.73 Å². The Labute approximate surface area is 154 Å². The van der Waals surface area contributed by atoms with E-state index in [-0.39, 0.29) is 0 Å². The van der Waals surface area contributed by atoms with E-state index in [0.717, 1.165) is 11.1 Å². The number of nitrogens with two attached hydrogens (primary N) is 1. The number of tetrazole rings is 1. The zero-order chi connectivity index (χ0) is 18.5. The molecule has 3 N–H and O–H groups in total. The molecule has 5 rings (SSSR count). The molecule has 2 aromatic carbocycles. The largest absolute Gasteiger partial charge is 0.382 e. The molecule has 3 aromatic heterocycles. The van der Waals surface area contributed by atoms with E-state index in [1.807, 2.05) is 12.4 Å². The third-order valence-corrected chi connectivity index (χ3v) is 4.76. The molecule has 8 nitrogen and oxygen atoms in total. The number of aromatic nitrogens is 7. The van der Waals surface area contributed by atoms with Crippen LogP contribution >= 0.6 is 0 Å². The molecule has 0 aliphatic rings. The summed E-state index contributed by atoms with van der Waals surface area (Å²) < 4.78 is 1.68. The maximum atomic E-state index is 6.09. The number of aromatic amines is 1. The van der Waals surface area contributed by atoms with Gasteiger partial charge in [-0.05, 0) is 46.2 Å². The Morgan fingerprint density at radius 2 is 1.93 bits per heavy atom. The van der Waals surface area contributed by atoms with Crippen LogP contribution in [-0.2, 0) is 0 Å². The fraction of sp³-hybridized carbons (Fsp3) is 0.105. The average Bonchev–Trinajstić information content (AvgIpc) is 3.27. The van der Waals surface area contributed by atoms with Crippen molar-refractivity contribution in [2.24, 2.45) is 0 Å². The van der Waals surface area contributed by atoms with Crippen molar-refractivity contribution < 1.29 is 0 Å². The standard InChI is InChI=1S/C19H16N8/c1-10-3-5-12-6-4-11(2)15(14(12)7-10)13-8-21-19-16(18-22-25-26-23-18)17(20)24-27(19)9-13/h3-9H,1-2H3,(H2,20,24)(H,22,23,25,26). The quantitative estimate of drug-likeness (QED) is 0.503. The third-order valence-electron chi connectivity index (χ3n) is 4.76. The summed E-state index contributed by atoms with van der Waals surface area (Å²) in [4.78, 5) is 4.61. The Morgan fingerprint density at radius 3 is 2.74 bits per heavy atom. The first-order valence-electron chi connectivity index (χ1n) is 8.50. The maximum absolute atomic E-state index is 6.09. The Hall–Kier alpha value is -3.81. The molecule has 0 bridgehead atoms. The lowest BCUT2D eigenvalue weighted by Gasteiger charge is -2.11. The first-order chi connectivity index (χ1) is 13.1. The van der Waals surface area contributed by atoms with Gasteiger partial charge >= 0.3 is 0 Å². The molecule has 0 unspecified atom stereocenters. The van der Waals surface area contributed by atoms with Gasteiger partial charge in [-0.15, -0.1) is 10.2 Å². The van der Waals surface area contributed by atoms with E-state index in [4.69, 9.17) is 5.73 Å². The van der Waals surface area contributed by atoms with Crippen LogP contribution in [0.25, 0.3) is 38.9 Å². The van der Waals surface area contributed by atoms with Gasteiger partial charge in [-0.1, -0.05) is 35.9 Å². The molecule has 132 valence electrons. The van der Waals surface area contributed by atoms with Crippen molar-refractivity contribution in [1.29, 1.82) is 0 Å². The Kier molecular flexibility index (Phi) is 3.20. The van der Waals surface area contributed by atoms with Crippen LogP contribution in [0.3, 0.4) is 0 Å².